The maximum absolute atomic E-state index is 12.8. The van der Waals surface area contributed by atoms with Crippen molar-refractivity contribution in [3.63, 3.8) is 0 Å². The molecule has 0 fully saturated rings. The van der Waals surface area contributed by atoms with Crippen LogP contribution in [0.2, 0.25) is 5.02 Å². The monoisotopic (exact) mass is 459 g/mol. The number of nitrogens with one attached hydrogen (secondary N) is 2. The highest BCUT2D eigenvalue weighted by Gasteiger charge is 2.25. The van der Waals surface area contributed by atoms with Gasteiger partial charge in [-0.15, -0.1) is 0 Å². The summed E-state index contributed by atoms with van der Waals surface area (Å²) in [6.45, 7) is 2.97. The van der Waals surface area contributed by atoms with E-state index < -0.39 is 32.5 Å². The lowest BCUT2D eigenvalue weighted by molar-refractivity contribution is -0.116. The van der Waals surface area contributed by atoms with Crippen LogP contribution in [0.3, 0.4) is 0 Å². The highest BCUT2D eigenvalue weighted by molar-refractivity contribution is 7.89. The van der Waals surface area contributed by atoms with Gasteiger partial charge in [0.05, 0.1) is 16.3 Å². The number of likely N-dealkylation sites (N-methyl/N-ethyl adjacent to an activating group) is 1. The molecule has 0 spiro atoms. The van der Waals surface area contributed by atoms with E-state index >= 15 is 0 Å². The standard InChI is InChI=1S/C18H22ClN3O5S2/c1-4-22(29(26,27)15-9-6-14(19)7-10-15)12-18(23)21-17-11-16(8-5-13(17)2)28(24,25)20-3/h5-11,20H,4,12H2,1-3H3,(H,21,23). The third-order valence-corrected chi connectivity index (χ3v) is 7.79. The van der Waals surface area contributed by atoms with Gasteiger partial charge < -0.3 is 5.32 Å². The quantitative estimate of drug-likeness (QED) is 0.628. The Labute approximate surface area is 176 Å². The van der Waals surface area contributed by atoms with Gasteiger partial charge in [-0.05, 0) is 55.9 Å². The lowest BCUT2D eigenvalue weighted by Crippen LogP contribution is -2.38. The molecule has 2 aromatic rings. The zero-order chi connectivity index (χ0) is 21.8. The van der Waals surface area contributed by atoms with Gasteiger partial charge in [0, 0.05) is 17.3 Å². The molecule has 11 heteroatoms. The van der Waals surface area contributed by atoms with Crippen LogP contribution in [-0.4, -0.2) is 47.2 Å². The summed E-state index contributed by atoms with van der Waals surface area (Å²) in [5.41, 5.74) is 0.920. The maximum Gasteiger partial charge on any atom is 0.243 e. The first kappa shape index (κ1) is 23.3. The van der Waals surface area contributed by atoms with E-state index in [0.29, 0.717) is 10.6 Å². The molecule has 2 aromatic carbocycles. The van der Waals surface area contributed by atoms with Gasteiger partial charge in [-0.3, -0.25) is 4.79 Å². The Morgan fingerprint density at radius 2 is 1.62 bits per heavy atom. The molecule has 0 aliphatic heterocycles. The van der Waals surface area contributed by atoms with Crippen LogP contribution in [0.25, 0.3) is 0 Å². The van der Waals surface area contributed by atoms with E-state index in [0.717, 1.165) is 4.31 Å². The number of sulfonamides is 2. The van der Waals surface area contributed by atoms with Crippen molar-refractivity contribution in [2.24, 2.45) is 0 Å². The third-order valence-electron chi connectivity index (χ3n) is 4.19. The van der Waals surface area contributed by atoms with Gasteiger partial charge in [-0.2, -0.15) is 4.31 Å². The van der Waals surface area contributed by atoms with Gasteiger partial charge in [-0.25, -0.2) is 21.6 Å². The zero-order valence-electron chi connectivity index (χ0n) is 16.1. The normalized spacial score (nSPS) is 12.2. The number of nitrogens with zero attached hydrogens (tertiary/aromatic N) is 1. The van der Waals surface area contributed by atoms with Crippen molar-refractivity contribution in [2.45, 2.75) is 23.6 Å². The summed E-state index contributed by atoms with van der Waals surface area (Å²) in [4.78, 5) is 12.5. The summed E-state index contributed by atoms with van der Waals surface area (Å²) in [6, 6.07) is 9.95. The molecule has 0 radical (unpaired) electrons. The average molecular weight is 460 g/mol. The van der Waals surface area contributed by atoms with Crippen LogP contribution in [0.15, 0.2) is 52.3 Å². The lowest BCUT2D eigenvalue weighted by Gasteiger charge is -2.20. The minimum atomic E-state index is -3.89. The predicted molar refractivity (Wildman–Crippen MR) is 112 cm³/mol. The van der Waals surface area contributed by atoms with E-state index in [-0.39, 0.29) is 22.0 Å². The molecule has 0 saturated heterocycles. The van der Waals surface area contributed by atoms with Crippen molar-refractivity contribution < 1.29 is 21.6 Å². The first-order valence-corrected chi connectivity index (χ1v) is 11.9. The van der Waals surface area contributed by atoms with E-state index in [1.165, 1.54) is 43.4 Å². The summed E-state index contributed by atoms with van der Waals surface area (Å²) >= 11 is 5.80. The fraction of sp³-hybridized carbons (Fsp3) is 0.278. The van der Waals surface area contributed by atoms with E-state index in [1.807, 2.05) is 0 Å². The van der Waals surface area contributed by atoms with Crippen LogP contribution >= 0.6 is 11.6 Å². The summed E-state index contributed by atoms with van der Waals surface area (Å²) in [6.07, 6.45) is 0. The van der Waals surface area contributed by atoms with Crippen molar-refractivity contribution in [3.05, 3.63) is 53.1 Å². The molecule has 2 rings (SSSR count). The Hall–Kier alpha value is -1.98. The fourth-order valence-corrected chi connectivity index (χ4v) is 4.78. The summed E-state index contributed by atoms with van der Waals surface area (Å²) < 4.78 is 52.7. The number of hydrogen-bond donors (Lipinski definition) is 2. The first-order valence-electron chi connectivity index (χ1n) is 8.61. The van der Waals surface area contributed by atoms with Gasteiger partial charge >= 0.3 is 0 Å². The summed E-state index contributed by atoms with van der Waals surface area (Å²) in [5, 5.41) is 2.99. The Bertz CT molecular complexity index is 1100. The molecule has 0 aromatic heterocycles. The molecule has 0 saturated carbocycles. The van der Waals surface area contributed by atoms with E-state index in [9.17, 15) is 21.6 Å². The Morgan fingerprint density at radius 1 is 1.03 bits per heavy atom. The highest BCUT2D eigenvalue weighted by atomic mass is 35.5. The van der Waals surface area contributed by atoms with E-state index in [2.05, 4.69) is 10.0 Å². The number of hydrogen-bond acceptors (Lipinski definition) is 5. The van der Waals surface area contributed by atoms with Crippen LogP contribution in [0.5, 0.6) is 0 Å². The van der Waals surface area contributed by atoms with Crippen molar-refractivity contribution >= 4 is 43.2 Å². The Kier molecular flexibility index (Phi) is 7.41. The van der Waals surface area contributed by atoms with Gasteiger partial charge in [-0.1, -0.05) is 24.6 Å². The van der Waals surface area contributed by atoms with Crippen LogP contribution in [0.4, 0.5) is 5.69 Å². The van der Waals surface area contributed by atoms with Crippen molar-refractivity contribution in [3.8, 4) is 0 Å². The van der Waals surface area contributed by atoms with Crippen LogP contribution < -0.4 is 10.0 Å². The van der Waals surface area contributed by atoms with Gasteiger partial charge in [0.15, 0.2) is 0 Å². The third kappa shape index (κ3) is 5.55. The number of amides is 1. The zero-order valence-corrected chi connectivity index (χ0v) is 18.5. The van der Waals surface area contributed by atoms with Crippen molar-refractivity contribution in [2.75, 3.05) is 25.5 Å². The minimum Gasteiger partial charge on any atom is -0.325 e. The second kappa shape index (κ2) is 9.23. The largest absolute Gasteiger partial charge is 0.325 e. The fourth-order valence-electron chi connectivity index (χ4n) is 2.49. The molecule has 0 unspecified atom stereocenters. The summed E-state index contributed by atoms with van der Waals surface area (Å²) in [7, 11) is -6.29. The molecule has 0 heterocycles. The van der Waals surface area contributed by atoms with E-state index in [4.69, 9.17) is 11.6 Å². The molecule has 0 atom stereocenters. The Balaban J connectivity index is 2.23. The molecular formula is C18H22ClN3O5S2. The lowest BCUT2D eigenvalue weighted by atomic mass is 10.2. The molecule has 8 nitrogen and oxygen atoms in total. The molecule has 0 aliphatic rings. The van der Waals surface area contributed by atoms with Crippen molar-refractivity contribution in [1.82, 2.24) is 9.03 Å². The highest BCUT2D eigenvalue weighted by Crippen LogP contribution is 2.21. The molecule has 2 N–H and O–H groups in total. The average Bonchev–Trinajstić information content (AvgIpc) is 2.67. The number of rotatable bonds is 8. The number of carbonyl (C=O) groups is 1. The van der Waals surface area contributed by atoms with Crippen LogP contribution in [-0.2, 0) is 24.8 Å². The summed E-state index contributed by atoms with van der Waals surface area (Å²) in [5.74, 6) is -0.591. The molecule has 29 heavy (non-hydrogen) atoms. The van der Waals surface area contributed by atoms with Gasteiger partial charge in [0.25, 0.3) is 0 Å². The van der Waals surface area contributed by atoms with Crippen molar-refractivity contribution in [1.29, 1.82) is 0 Å². The predicted octanol–water partition coefficient (Wildman–Crippen LogP) is 2.21. The number of halogens is 1. The van der Waals surface area contributed by atoms with E-state index in [1.54, 1.807) is 19.9 Å². The molecule has 158 valence electrons. The van der Waals surface area contributed by atoms with Crippen LogP contribution in [0.1, 0.15) is 12.5 Å². The maximum atomic E-state index is 12.8. The minimum absolute atomic E-state index is 0.0120. The first-order chi connectivity index (χ1) is 13.5. The molecule has 0 aliphatic carbocycles. The number of aryl methyl sites for hydroxylation is 1. The molecule has 1 amide bonds. The number of benzene rings is 2. The SMILES string of the molecule is CCN(CC(=O)Nc1cc(S(=O)(=O)NC)ccc1C)S(=O)(=O)c1ccc(Cl)cc1. The second-order valence-electron chi connectivity index (χ2n) is 6.12. The number of carbonyl (C=O) groups excluding carboxylic acids is 1. The molecular weight excluding hydrogens is 438 g/mol. The smallest absolute Gasteiger partial charge is 0.243 e. The van der Waals surface area contributed by atoms with Crippen LogP contribution in [0, 0.1) is 6.92 Å². The topological polar surface area (TPSA) is 113 Å². The second-order valence-corrected chi connectivity index (χ2v) is 10.4. The number of anilines is 1. The molecule has 0 bridgehead atoms. The van der Waals surface area contributed by atoms with Gasteiger partial charge in [0.2, 0.25) is 26.0 Å². The Morgan fingerprint density at radius 3 is 2.17 bits per heavy atom. The van der Waals surface area contributed by atoms with Gasteiger partial charge in [0.1, 0.15) is 0 Å².